The molecule has 1 fully saturated rings. The topological polar surface area (TPSA) is 90.7 Å². The molecule has 0 saturated carbocycles. The molecule has 1 aromatic carbocycles. The standard InChI is InChI=1S/C16H20ClFN2O4/c1-16(2)23-13(14(8-19)24-16)6-5-12(21)15(22)20-9-3-4-10(17)11(18)7-9/h3-4,7,13-14H,5-6,8,19H2,1-2H3,(H,20,22). The molecule has 2 unspecified atom stereocenters. The highest BCUT2D eigenvalue weighted by Gasteiger charge is 2.40. The van der Waals surface area contributed by atoms with E-state index in [0.29, 0.717) is 6.42 Å². The highest BCUT2D eigenvalue weighted by Crippen LogP contribution is 2.30. The number of amides is 1. The molecule has 24 heavy (non-hydrogen) atoms. The fourth-order valence-electron chi connectivity index (χ4n) is 2.51. The number of carbonyl (C=O) groups is 2. The van der Waals surface area contributed by atoms with Gasteiger partial charge in [-0.1, -0.05) is 11.6 Å². The lowest BCUT2D eigenvalue weighted by Crippen LogP contribution is -2.32. The van der Waals surface area contributed by atoms with Crippen LogP contribution in [0, 0.1) is 5.82 Å². The molecule has 2 atom stereocenters. The van der Waals surface area contributed by atoms with Gasteiger partial charge in [-0.3, -0.25) is 9.59 Å². The zero-order chi connectivity index (χ0) is 17.9. The monoisotopic (exact) mass is 358 g/mol. The Balaban J connectivity index is 1.87. The number of Topliss-reactive ketones (excluding diaryl/α,β-unsaturated/α-hetero) is 1. The molecule has 1 amide bonds. The van der Waals surface area contributed by atoms with E-state index in [2.05, 4.69) is 5.32 Å². The van der Waals surface area contributed by atoms with Crippen molar-refractivity contribution in [3.8, 4) is 0 Å². The first-order valence-corrected chi connectivity index (χ1v) is 7.94. The number of nitrogens with one attached hydrogen (secondary N) is 1. The molecule has 3 N–H and O–H groups in total. The molecule has 2 rings (SSSR count). The van der Waals surface area contributed by atoms with E-state index in [-0.39, 0.29) is 35.9 Å². The van der Waals surface area contributed by atoms with Gasteiger partial charge in [-0.2, -0.15) is 0 Å². The van der Waals surface area contributed by atoms with Crippen molar-refractivity contribution in [1.82, 2.24) is 0 Å². The third kappa shape index (κ3) is 4.73. The maximum Gasteiger partial charge on any atom is 0.291 e. The number of halogens is 2. The van der Waals surface area contributed by atoms with Gasteiger partial charge in [-0.15, -0.1) is 0 Å². The summed E-state index contributed by atoms with van der Waals surface area (Å²) in [6.07, 6.45) is -0.384. The van der Waals surface area contributed by atoms with Crippen LogP contribution in [-0.2, 0) is 19.1 Å². The van der Waals surface area contributed by atoms with E-state index in [4.69, 9.17) is 26.8 Å². The van der Waals surface area contributed by atoms with Crippen molar-refractivity contribution in [2.45, 2.75) is 44.7 Å². The maximum absolute atomic E-state index is 13.3. The Morgan fingerprint density at radius 1 is 1.33 bits per heavy atom. The second kappa shape index (κ2) is 7.57. The summed E-state index contributed by atoms with van der Waals surface area (Å²) < 4.78 is 24.6. The van der Waals surface area contributed by atoms with E-state index in [9.17, 15) is 14.0 Å². The predicted molar refractivity (Wildman–Crippen MR) is 87.2 cm³/mol. The third-order valence-corrected chi connectivity index (χ3v) is 3.91. The van der Waals surface area contributed by atoms with Crippen LogP contribution in [0.4, 0.5) is 10.1 Å². The lowest BCUT2D eigenvalue weighted by Gasteiger charge is -2.16. The highest BCUT2D eigenvalue weighted by molar-refractivity contribution is 6.40. The molecular formula is C16H20ClFN2O4. The first kappa shape index (κ1) is 18.8. The van der Waals surface area contributed by atoms with Crippen molar-refractivity contribution in [3.63, 3.8) is 0 Å². The third-order valence-electron chi connectivity index (χ3n) is 3.60. The Morgan fingerprint density at radius 3 is 2.62 bits per heavy atom. The predicted octanol–water partition coefficient (Wildman–Crippen LogP) is 2.25. The summed E-state index contributed by atoms with van der Waals surface area (Å²) in [6, 6.07) is 3.76. The molecule has 1 heterocycles. The van der Waals surface area contributed by atoms with Crippen molar-refractivity contribution in [2.24, 2.45) is 5.73 Å². The highest BCUT2D eigenvalue weighted by atomic mass is 35.5. The van der Waals surface area contributed by atoms with Gasteiger partial charge in [0, 0.05) is 18.7 Å². The summed E-state index contributed by atoms with van der Waals surface area (Å²) in [5.74, 6) is -2.89. The second-order valence-electron chi connectivity index (χ2n) is 5.99. The Hall–Kier alpha value is -1.54. The molecule has 1 aliphatic rings. The number of hydrogen-bond acceptors (Lipinski definition) is 5. The van der Waals surface area contributed by atoms with Crippen molar-refractivity contribution in [1.29, 1.82) is 0 Å². The fraction of sp³-hybridized carbons (Fsp3) is 0.500. The minimum absolute atomic E-state index is 0.0253. The Morgan fingerprint density at radius 2 is 2.00 bits per heavy atom. The summed E-state index contributed by atoms with van der Waals surface area (Å²) in [5, 5.41) is 2.28. The summed E-state index contributed by atoms with van der Waals surface area (Å²) in [4.78, 5) is 23.8. The normalized spacial score (nSPS) is 22.4. The zero-order valence-corrected chi connectivity index (χ0v) is 14.2. The Bertz CT molecular complexity index is 639. The van der Waals surface area contributed by atoms with E-state index in [1.54, 1.807) is 13.8 Å². The summed E-state index contributed by atoms with van der Waals surface area (Å²) >= 11 is 5.56. The fourth-order valence-corrected chi connectivity index (χ4v) is 2.63. The quantitative estimate of drug-likeness (QED) is 0.761. The molecule has 1 aliphatic heterocycles. The summed E-state index contributed by atoms with van der Waals surface area (Å²) in [5.41, 5.74) is 5.79. The molecule has 1 saturated heterocycles. The maximum atomic E-state index is 13.3. The second-order valence-corrected chi connectivity index (χ2v) is 6.40. The molecule has 1 aromatic rings. The van der Waals surface area contributed by atoms with Crippen LogP contribution in [0.2, 0.25) is 5.02 Å². The first-order valence-electron chi connectivity index (χ1n) is 7.57. The van der Waals surface area contributed by atoms with E-state index in [0.717, 1.165) is 6.07 Å². The van der Waals surface area contributed by atoms with Gasteiger partial charge < -0.3 is 20.5 Å². The summed E-state index contributed by atoms with van der Waals surface area (Å²) in [7, 11) is 0. The largest absolute Gasteiger partial charge is 0.345 e. The van der Waals surface area contributed by atoms with Gasteiger partial charge in [0.2, 0.25) is 5.78 Å². The van der Waals surface area contributed by atoms with Crippen LogP contribution in [0.5, 0.6) is 0 Å². The molecule has 0 aliphatic carbocycles. The van der Waals surface area contributed by atoms with Crippen LogP contribution in [0.25, 0.3) is 0 Å². The first-order chi connectivity index (χ1) is 11.2. The minimum atomic E-state index is -0.820. The SMILES string of the molecule is CC1(C)OC(CN)C(CCC(=O)C(=O)Nc2ccc(Cl)c(F)c2)O1. The van der Waals surface area contributed by atoms with Gasteiger partial charge in [0.25, 0.3) is 5.91 Å². The van der Waals surface area contributed by atoms with Crippen LogP contribution >= 0.6 is 11.6 Å². The van der Waals surface area contributed by atoms with Crippen LogP contribution in [0.15, 0.2) is 18.2 Å². The van der Waals surface area contributed by atoms with Crippen molar-refractivity contribution >= 4 is 29.0 Å². The minimum Gasteiger partial charge on any atom is -0.345 e. The number of hydrogen-bond donors (Lipinski definition) is 2. The number of benzene rings is 1. The molecule has 132 valence electrons. The average molecular weight is 359 g/mol. The molecule has 0 radical (unpaired) electrons. The number of nitrogens with two attached hydrogens (primary N) is 1. The molecule has 8 heteroatoms. The van der Waals surface area contributed by atoms with Crippen LogP contribution < -0.4 is 11.1 Å². The van der Waals surface area contributed by atoms with E-state index < -0.39 is 23.3 Å². The lowest BCUT2D eigenvalue weighted by molar-refractivity contribution is -0.147. The van der Waals surface area contributed by atoms with Gasteiger partial charge in [0.05, 0.1) is 17.2 Å². The van der Waals surface area contributed by atoms with E-state index >= 15 is 0 Å². The van der Waals surface area contributed by atoms with Gasteiger partial charge >= 0.3 is 0 Å². The van der Waals surface area contributed by atoms with Gasteiger partial charge in [0.1, 0.15) is 5.82 Å². The van der Waals surface area contributed by atoms with Crippen molar-refractivity contribution in [3.05, 3.63) is 29.0 Å². The number of rotatable bonds is 6. The zero-order valence-electron chi connectivity index (χ0n) is 13.5. The van der Waals surface area contributed by atoms with Gasteiger partial charge in [-0.05, 0) is 38.5 Å². The lowest BCUT2D eigenvalue weighted by atomic mass is 10.1. The van der Waals surface area contributed by atoms with E-state index in [1.165, 1.54) is 12.1 Å². The van der Waals surface area contributed by atoms with Crippen molar-refractivity contribution < 1.29 is 23.5 Å². The van der Waals surface area contributed by atoms with Crippen LogP contribution in [0.3, 0.4) is 0 Å². The summed E-state index contributed by atoms with van der Waals surface area (Å²) in [6.45, 7) is 3.79. The van der Waals surface area contributed by atoms with Gasteiger partial charge in [0.15, 0.2) is 5.79 Å². The molecule has 0 aromatic heterocycles. The molecule has 0 spiro atoms. The molecular weight excluding hydrogens is 339 g/mol. The molecule has 6 nitrogen and oxygen atoms in total. The van der Waals surface area contributed by atoms with E-state index in [1.807, 2.05) is 0 Å². The Kier molecular flexibility index (Phi) is 5.92. The Labute approximate surface area is 144 Å². The number of carbonyl (C=O) groups excluding carboxylic acids is 2. The van der Waals surface area contributed by atoms with Gasteiger partial charge in [-0.25, -0.2) is 4.39 Å². The van der Waals surface area contributed by atoms with Crippen LogP contribution in [-0.4, -0.2) is 36.2 Å². The smallest absolute Gasteiger partial charge is 0.291 e. The number of ether oxygens (including phenoxy) is 2. The number of ketones is 1. The average Bonchev–Trinajstić information content (AvgIpc) is 2.82. The number of anilines is 1. The van der Waals surface area contributed by atoms with Crippen molar-refractivity contribution in [2.75, 3.05) is 11.9 Å². The molecule has 0 bridgehead atoms. The van der Waals surface area contributed by atoms with Crippen LogP contribution in [0.1, 0.15) is 26.7 Å².